The Balaban J connectivity index is 2.16. The van der Waals surface area contributed by atoms with Crippen LogP contribution in [0.3, 0.4) is 0 Å². The number of rotatable bonds is 5. The van der Waals surface area contributed by atoms with E-state index in [1.165, 1.54) is 29.6 Å². The van der Waals surface area contributed by atoms with Crippen LogP contribution in [0.1, 0.15) is 10.8 Å². The number of anilines is 1. The lowest BCUT2D eigenvalue weighted by atomic mass is 10.4. The fourth-order valence-corrected chi connectivity index (χ4v) is 3.56. The van der Waals surface area contributed by atoms with Crippen molar-refractivity contribution in [3.8, 4) is 0 Å². The summed E-state index contributed by atoms with van der Waals surface area (Å²) >= 11 is 1.49. The number of likely N-dealkylation sites (N-methyl/N-ethyl adjacent to an activating group) is 1. The lowest BCUT2D eigenvalue weighted by Gasteiger charge is -2.15. The van der Waals surface area contributed by atoms with Gasteiger partial charge in [0.05, 0.1) is 5.01 Å². The molecular weight excluding hydrogens is 288 g/mol. The molecule has 104 valence electrons. The first-order chi connectivity index (χ1) is 8.93. The van der Waals surface area contributed by atoms with E-state index >= 15 is 0 Å². The first-order valence-electron chi connectivity index (χ1n) is 5.49. The van der Waals surface area contributed by atoms with Crippen molar-refractivity contribution < 1.29 is 12.9 Å². The number of aromatic nitrogens is 2. The fourth-order valence-electron chi connectivity index (χ4n) is 1.60. The average Bonchev–Trinajstić information content (AvgIpc) is 2.96. The molecule has 0 bridgehead atoms. The Morgan fingerprint density at radius 2 is 2.26 bits per heavy atom. The Morgan fingerprint density at radius 3 is 2.79 bits per heavy atom. The van der Waals surface area contributed by atoms with E-state index in [4.69, 9.17) is 10.3 Å². The maximum Gasteiger partial charge on any atom is 0.250 e. The number of nitrogens with two attached hydrogens (primary N) is 1. The van der Waals surface area contributed by atoms with Gasteiger partial charge in [0.1, 0.15) is 0 Å². The monoisotopic (exact) mass is 302 g/mol. The number of nitrogens with zero attached hydrogens (tertiary/aromatic N) is 3. The van der Waals surface area contributed by atoms with E-state index in [0.29, 0.717) is 13.0 Å². The predicted molar refractivity (Wildman–Crippen MR) is 71.3 cm³/mol. The molecule has 19 heavy (non-hydrogen) atoms. The van der Waals surface area contributed by atoms with E-state index in [9.17, 15) is 8.42 Å². The van der Waals surface area contributed by atoms with Crippen molar-refractivity contribution in [2.75, 3.05) is 19.3 Å². The maximum absolute atomic E-state index is 12.3. The topological polar surface area (TPSA) is 102 Å². The first kappa shape index (κ1) is 14.0. The molecule has 0 aromatic carbocycles. The van der Waals surface area contributed by atoms with Gasteiger partial charge in [-0.05, 0) is 6.92 Å². The minimum atomic E-state index is -3.68. The predicted octanol–water partition coefficient (Wildman–Crippen LogP) is 0.885. The van der Waals surface area contributed by atoms with E-state index < -0.39 is 10.0 Å². The van der Waals surface area contributed by atoms with Crippen LogP contribution in [0.5, 0.6) is 0 Å². The standard InChI is InChI=1S/C10H14N4O3S2/c1-7-9(10(11)13-17-7)19(15,16)14(2)5-3-8-12-4-6-18-8/h4,6H,3,5H2,1-2H3,(H2,11,13). The minimum Gasteiger partial charge on any atom is -0.380 e. The maximum atomic E-state index is 12.3. The van der Waals surface area contributed by atoms with E-state index in [-0.39, 0.29) is 16.5 Å². The molecule has 0 atom stereocenters. The molecular formula is C10H14N4O3S2. The SMILES string of the molecule is Cc1onc(N)c1S(=O)(=O)N(C)CCc1nccs1. The Bertz CT molecular complexity index is 629. The van der Waals surface area contributed by atoms with Gasteiger partial charge in [-0.1, -0.05) is 5.16 Å². The molecule has 2 aromatic heterocycles. The number of nitrogen functional groups attached to an aromatic ring is 1. The molecule has 0 unspecified atom stereocenters. The summed E-state index contributed by atoms with van der Waals surface area (Å²) in [4.78, 5) is 4.05. The summed E-state index contributed by atoms with van der Waals surface area (Å²) in [6.45, 7) is 1.84. The molecule has 0 aliphatic carbocycles. The van der Waals surface area contributed by atoms with Gasteiger partial charge in [-0.25, -0.2) is 17.7 Å². The molecule has 0 aliphatic rings. The lowest BCUT2D eigenvalue weighted by molar-refractivity contribution is 0.395. The highest BCUT2D eigenvalue weighted by molar-refractivity contribution is 7.89. The van der Waals surface area contributed by atoms with Gasteiger partial charge in [0, 0.05) is 31.6 Å². The third kappa shape index (κ3) is 2.77. The van der Waals surface area contributed by atoms with Gasteiger partial charge in [-0.3, -0.25) is 0 Å². The molecule has 2 heterocycles. The first-order valence-corrected chi connectivity index (χ1v) is 7.81. The molecule has 7 nitrogen and oxygen atoms in total. The zero-order valence-corrected chi connectivity index (χ0v) is 12.2. The number of thiazole rings is 1. The van der Waals surface area contributed by atoms with Crippen LogP contribution in [0.25, 0.3) is 0 Å². The van der Waals surface area contributed by atoms with Crippen molar-refractivity contribution in [3.05, 3.63) is 22.3 Å². The van der Waals surface area contributed by atoms with Crippen LogP contribution in [0.4, 0.5) is 5.82 Å². The van der Waals surface area contributed by atoms with Crippen LogP contribution in [0, 0.1) is 6.92 Å². The molecule has 0 aliphatic heterocycles. The van der Waals surface area contributed by atoms with Gasteiger partial charge in [0.15, 0.2) is 16.5 Å². The summed E-state index contributed by atoms with van der Waals surface area (Å²) < 4.78 is 30.7. The van der Waals surface area contributed by atoms with Gasteiger partial charge in [-0.15, -0.1) is 11.3 Å². The highest BCUT2D eigenvalue weighted by Crippen LogP contribution is 2.24. The summed E-state index contributed by atoms with van der Waals surface area (Å²) in [7, 11) is -2.19. The van der Waals surface area contributed by atoms with Crippen molar-refractivity contribution in [3.63, 3.8) is 0 Å². The van der Waals surface area contributed by atoms with Crippen LogP contribution < -0.4 is 5.73 Å². The summed E-state index contributed by atoms with van der Waals surface area (Å²) in [6, 6.07) is 0. The van der Waals surface area contributed by atoms with Crippen LogP contribution in [0.2, 0.25) is 0 Å². The quantitative estimate of drug-likeness (QED) is 0.879. The highest BCUT2D eigenvalue weighted by atomic mass is 32.2. The Hall–Kier alpha value is -1.45. The molecule has 2 aromatic rings. The van der Waals surface area contributed by atoms with Crippen molar-refractivity contribution in [2.45, 2.75) is 18.2 Å². The summed E-state index contributed by atoms with van der Waals surface area (Å²) in [6.07, 6.45) is 2.24. The summed E-state index contributed by atoms with van der Waals surface area (Å²) in [5.74, 6) is 0.0807. The second-order valence-electron chi connectivity index (χ2n) is 3.96. The zero-order chi connectivity index (χ0) is 14.0. The molecule has 2 N–H and O–H groups in total. The van der Waals surface area contributed by atoms with Gasteiger partial charge < -0.3 is 10.3 Å². The molecule has 9 heteroatoms. The third-order valence-electron chi connectivity index (χ3n) is 2.63. The lowest BCUT2D eigenvalue weighted by Crippen LogP contribution is -2.29. The molecule has 0 amide bonds. The van der Waals surface area contributed by atoms with Crippen molar-refractivity contribution in [1.29, 1.82) is 0 Å². The minimum absolute atomic E-state index is 0.0610. The van der Waals surface area contributed by atoms with Gasteiger partial charge in [0.25, 0.3) is 0 Å². The van der Waals surface area contributed by atoms with Gasteiger partial charge in [0.2, 0.25) is 10.0 Å². The van der Waals surface area contributed by atoms with Gasteiger partial charge >= 0.3 is 0 Å². The number of hydrogen-bond acceptors (Lipinski definition) is 7. The third-order valence-corrected chi connectivity index (χ3v) is 5.48. The van der Waals surface area contributed by atoms with E-state index in [2.05, 4.69) is 10.1 Å². The normalized spacial score (nSPS) is 12.2. The average molecular weight is 302 g/mol. The summed E-state index contributed by atoms with van der Waals surface area (Å²) in [5.41, 5.74) is 5.54. The summed E-state index contributed by atoms with van der Waals surface area (Å²) in [5, 5.41) is 6.20. The second-order valence-corrected chi connectivity index (χ2v) is 6.92. The fraction of sp³-hybridized carbons (Fsp3) is 0.400. The largest absolute Gasteiger partial charge is 0.380 e. The molecule has 0 fully saturated rings. The van der Waals surface area contributed by atoms with Crippen LogP contribution >= 0.6 is 11.3 Å². The Labute approximate surface area is 115 Å². The van der Waals surface area contributed by atoms with Crippen molar-refractivity contribution >= 4 is 27.2 Å². The van der Waals surface area contributed by atoms with Crippen molar-refractivity contribution in [2.24, 2.45) is 0 Å². The highest BCUT2D eigenvalue weighted by Gasteiger charge is 2.29. The molecule has 2 rings (SSSR count). The van der Waals surface area contributed by atoms with Crippen LogP contribution in [0.15, 0.2) is 21.0 Å². The van der Waals surface area contributed by atoms with E-state index in [1.54, 1.807) is 6.20 Å². The Morgan fingerprint density at radius 1 is 1.53 bits per heavy atom. The number of aryl methyl sites for hydroxylation is 1. The molecule has 0 saturated carbocycles. The molecule has 0 saturated heterocycles. The van der Waals surface area contributed by atoms with Crippen molar-refractivity contribution in [1.82, 2.24) is 14.4 Å². The van der Waals surface area contributed by atoms with Crippen LogP contribution in [-0.4, -0.2) is 36.5 Å². The molecule has 0 spiro atoms. The van der Waals surface area contributed by atoms with E-state index in [0.717, 1.165) is 5.01 Å². The number of hydrogen-bond donors (Lipinski definition) is 1. The Kier molecular flexibility index (Phi) is 3.88. The van der Waals surface area contributed by atoms with E-state index in [1.807, 2.05) is 5.38 Å². The molecule has 0 radical (unpaired) electrons. The van der Waals surface area contributed by atoms with Crippen LogP contribution in [-0.2, 0) is 16.4 Å². The van der Waals surface area contributed by atoms with Gasteiger partial charge in [-0.2, -0.15) is 0 Å². The zero-order valence-electron chi connectivity index (χ0n) is 10.5. The second kappa shape index (κ2) is 5.27. The smallest absolute Gasteiger partial charge is 0.250 e. The number of sulfonamides is 1.